The Kier molecular flexibility index (Phi) is 3.37. The fourth-order valence-electron chi connectivity index (χ4n) is 0.674. The zero-order chi connectivity index (χ0) is 8.97. The summed E-state index contributed by atoms with van der Waals surface area (Å²) in [7, 11) is 0. The van der Waals surface area contributed by atoms with Gasteiger partial charge in [0.2, 0.25) is 5.95 Å². The van der Waals surface area contributed by atoms with Gasteiger partial charge in [0, 0.05) is 17.5 Å². The standard InChI is InChI=1S/C7H8ClN3S/c8-6-5(2-1-3-12)4-10-7(9)11-6/h1-2,4,12H,3H2,(H2,9,10,11). The third-order valence-corrected chi connectivity index (χ3v) is 1.70. The van der Waals surface area contributed by atoms with E-state index in [1.165, 1.54) is 0 Å². The van der Waals surface area contributed by atoms with E-state index in [1.807, 2.05) is 6.08 Å². The lowest BCUT2D eigenvalue weighted by molar-refractivity contribution is 1.18. The van der Waals surface area contributed by atoms with Crippen LogP contribution in [0.3, 0.4) is 0 Å². The number of hydrogen-bond acceptors (Lipinski definition) is 4. The van der Waals surface area contributed by atoms with Crippen LogP contribution in [0.4, 0.5) is 5.95 Å². The van der Waals surface area contributed by atoms with Crippen molar-refractivity contribution in [2.45, 2.75) is 0 Å². The molecular formula is C7H8ClN3S. The first-order chi connectivity index (χ1) is 5.74. The highest BCUT2D eigenvalue weighted by Gasteiger charge is 1.98. The van der Waals surface area contributed by atoms with Gasteiger partial charge in [-0.25, -0.2) is 9.97 Å². The maximum atomic E-state index is 5.76. The van der Waals surface area contributed by atoms with Gasteiger partial charge in [-0.1, -0.05) is 23.8 Å². The molecule has 0 amide bonds. The molecule has 0 fully saturated rings. The van der Waals surface area contributed by atoms with Crippen LogP contribution in [0.25, 0.3) is 6.08 Å². The van der Waals surface area contributed by atoms with Crippen LogP contribution in [0.15, 0.2) is 12.3 Å². The molecule has 1 aromatic heterocycles. The quantitative estimate of drug-likeness (QED) is 0.565. The highest BCUT2D eigenvalue weighted by atomic mass is 35.5. The molecule has 0 radical (unpaired) electrons. The molecule has 0 saturated carbocycles. The fourth-order valence-corrected chi connectivity index (χ4v) is 0.978. The van der Waals surface area contributed by atoms with Crippen molar-refractivity contribution in [1.82, 2.24) is 9.97 Å². The molecule has 2 N–H and O–H groups in total. The van der Waals surface area contributed by atoms with E-state index in [9.17, 15) is 0 Å². The van der Waals surface area contributed by atoms with E-state index in [4.69, 9.17) is 17.3 Å². The van der Waals surface area contributed by atoms with Crippen LogP contribution in [0.2, 0.25) is 5.15 Å². The van der Waals surface area contributed by atoms with Gasteiger partial charge in [-0.05, 0) is 0 Å². The first-order valence-corrected chi connectivity index (χ1v) is 4.30. The summed E-state index contributed by atoms with van der Waals surface area (Å²) in [6.45, 7) is 0. The number of thiol groups is 1. The molecule has 0 atom stereocenters. The van der Waals surface area contributed by atoms with Crippen LogP contribution in [-0.2, 0) is 0 Å². The van der Waals surface area contributed by atoms with Gasteiger partial charge in [0.1, 0.15) is 5.15 Å². The Morgan fingerprint density at radius 1 is 1.67 bits per heavy atom. The SMILES string of the molecule is Nc1ncc(C=CCS)c(Cl)n1. The average Bonchev–Trinajstić information content (AvgIpc) is 2.03. The molecule has 0 bridgehead atoms. The van der Waals surface area contributed by atoms with E-state index < -0.39 is 0 Å². The van der Waals surface area contributed by atoms with Crippen LogP contribution in [0, 0.1) is 0 Å². The summed E-state index contributed by atoms with van der Waals surface area (Å²) in [5.41, 5.74) is 6.06. The van der Waals surface area contributed by atoms with Gasteiger partial charge >= 0.3 is 0 Å². The van der Waals surface area contributed by atoms with Gasteiger partial charge in [-0.2, -0.15) is 12.6 Å². The van der Waals surface area contributed by atoms with Gasteiger partial charge in [0.25, 0.3) is 0 Å². The lowest BCUT2D eigenvalue weighted by Crippen LogP contribution is -1.95. The van der Waals surface area contributed by atoms with E-state index >= 15 is 0 Å². The molecule has 1 rings (SSSR count). The monoisotopic (exact) mass is 201 g/mol. The van der Waals surface area contributed by atoms with Crippen LogP contribution in [0.5, 0.6) is 0 Å². The summed E-state index contributed by atoms with van der Waals surface area (Å²) in [4.78, 5) is 7.58. The summed E-state index contributed by atoms with van der Waals surface area (Å²) in [6.07, 6.45) is 5.23. The Bertz CT molecular complexity index is 301. The van der Waals surface area contributed by atoms with Gasteiger partial charge < -0.3 is 5.73 Å². The third kappa shape index (κ3) is 2.39. The molecule has 0 saturated heterocycles. The number of nitrogens with two attached hydrogens (primary N) is 1. The lowest BCUT2D eigenvalue weighted by Gasteiger charge is -1.96. The topological polar surface area (TPSA) is 51.8 Å². The third-order valence-electron chi connectivity index (χ3n) is 1.19. The second-order valence-electron chi connectivity index (χ2n) is 2.06. The van der Waals surface area contributed by atoms with Gasteiger partial charge in [-0.15, -0.1) is 0 Å². The highest BCUT2D eigenvalue weighted by Crippen LogP contribution is 2.13. The van der Waals surface area contributed by atoms with E-state index in [0.29, 0.717) is 10.9 Å². The molecule has 1 aromatic rings. The largest absolute Gasteiger partial charge is 0.368 e. The van der Waals surface area contributed by atoms with E-state index in [2.05, 4.69) is 22.6 Å². The van der Waals surface area contributed by atoms with E-state index in [-0.39, 0.29) is 5.95 Å². The maximum Gasteiger partial charge on any atom is 0.221 e. The van der Waals surface area contributed by atoms with E-state index in [1.54, 1.807) is 12.3 Å². The molecular weight excluding hydrogens is 194 g/mol. The Hall–Kier alpha value is -0.740. The van der Waals surface area contributed by atoms with Gasteiger partial charge in [0.05, 0.1) is 0 Å². The number of nitrogens with zero attached hydrogens (tertiary/aromatic N) is 2. The summed E-state index contributed by atoms with van der Waals surface area (Å²) >= 11 is 9.77. The lowest BCUT2D eigenvalue weighted by atomic mass is 10.3. The molecule has 5 heteroatoms. The predicted octanol–water partition coefficient (Wildman–Crippen LogP) is 1.66. The van der Waals surface area contributed by atoms with Crippen molar-refractivity contribution in [3.8, 4) is 0 Å². The molecule has 0 spiro atoms. The van der Waals surface area contributed by atoms with Gasteiger partial charge in [0.15, 0.2) is 0 Å². The molecule has 3 nitrogen and oxygen atoms in total. The summed E-state index contributed by atoms with van der Waals surface area (Å²) < 4.78 is 0. The fraction of sp³-hybridized carbons (Fsp3) is 0.143. The van der Waals surface area contributed by atoms with Crippen LogP contribution >= 0.6 is 24.2 Å². The Labute approximate surface area is 81.1 Å². The van der Waals surface area contributed by atoms with Crippen molar-refractivity contribution in [2.24, 2.45) is 0 Å². The molecule has 0 aliphatic carbocycles. The molecule has 0 aliphatic rings. The molecule has 0 unspecified atom stereocenters. The summed E-state index contributed by atoms with van der Waals surface area (Å²) in [5, 5.41) is 0.362. The minimum Gasteiger partial charge on any atom is -0.368 e. The maximum absolute atomic E-state index is 5.76. The average molecular weight is 202 g/mol. The molecule has 0 aromatic carbocycles. The van der Waals surface area contributed by atoms with Crippen LogP contribution in [0.1, 0.15) is 5.56 Å². The number of rotatable bonds is 2. The van der Waals surface area contributed by atoms with Crippen molar-refractivity contribution in [3.63, 3.8) is 0 Å². The zero-order valence-corrected chi connectivity index (χ0v) is 7.89. The van der Waals surface area contributed by atoms with Crippen LogP contribution < -0.4 is 5.73 Å². The summed E-state index contributed by atoms with van der Waals surface area (Å²) in [5.74, 6) is 0.837. The Morgan fingerprint density at radius 2 is 2.42 bits per heavy atom. The first-order valence-electron chi connectivity index (χ1n) is 3.29. The number of aromatic nitrogens is 2. The second kappa shape index (κ2) is 4.33. The number of halogens is 1. The van der Waals surface area contributed by atoms with Crippen molar-refractivity contribution in [3.05, 3.63) is 23.0 Å². The van der Waals surface area contributed by atoms with E-state index in [0.717, 1.165) is 5.56 Å². The summed E-state index contributed by atoms with van der Waals surface area (Å²) in [6, 6.07) is 0. The Balaban J connectivity index is 2.94. The number of hydrogen-bond donors (Lipinski definition) is 2. The van der Waals surface area contributed by atoms with Crippen molar-refractivity contribution < 1.29 is 0 Å². The first kappa shape index (κ1) is 9.35. The zero-order valence-electron chi connectivity index (χ0n) is 6.24. The van der Waals surface area contributed by atoms with Crippen molar-refractivity contribution in [1.29, 1.82) is 0 Å². The molecule has 64 valence electrons. The normalized spacial score (nSPS) is 10.8. The van der Waals surface area contributed by atoms with Crippen molar-refractivity contribution >= 4 is 36.3 Å². The Morgan fingerprint density at radius 3 is 3.00 bits per heavy atom. The second-order valence-corrected chi connectivity index (χ2v) is 2.78. The number of anilines is 1. The van der Waals surface area contributed by atoms with Crippen molar-refractivity contribution in [2.75, 3.05) is 11.5 Å². The number of nitrogen functional groups attached to an aromatic ring is 1. The molecule has 12 heavy (non-hydrogen) atoms. The predicted molar refractivity (Wildman–Crippen MR) is 54.3 cm³/mol. The minimum absolute atomic E-state index is 0.183. The highest BCUT2D eigenvalue weighted by molar-refractivity contribution is 7.80. The molecule has 0 aliphatic heterocycles. The molecule has 1 heterocycles. The van der Waals surface area contributed by atoms with Crippen LogP contribution in [-0.4, -0.2) is 15.7 Å². The minimum atomic E-state index is 0.183. The van der Waals surface area contributed by atoms with Gasteiger partial charge in [-0.3, -0.25) is 0 Å². The smallest absolute Gasteiger partial charge is 0.221 e.